The number of carboxylic acids is 1. The Morgan fingerprint density at radius 2 is 1.37 bits per heavy atom. The molecule has 0 spiro atoms. The Morgan fingerprint density at radius 3 is 2.07 bits per heavy atom. The fourth-order valence-electron chi connectivity index (χ4n) is 8.08. The topological polar surface area (TPSA) is 103 Å². The summed E-state index contributed by atoms with van der Waals surface area (Å²) in [7, 11) is 0. The molecule has 11 heteroatoms. The second-order valence-electron chi connectivity index (χ2n) is 15.1. The number of unbranched alkanes of at least 4 members (excludes halogenated alkanes) is 4. The van der Waals surface area contributed by atoms with Crippen molar-refractivity contribution >= 4 is 91.0 Å². The summed E-state index contributed by atoms with van der Waals surface area (Å²) in [5.74, 6) is -1.08. The van der Waals surface area contributed by atoms with Crippen LogP contribution in [0.2, 0.25) is 0 Å². The summed E-state index contributed by atoms with van der Waals surface area (Å²) in [5.41, 5.74) is 4.32. The minimum Gasteiger partial charge on any atom is -0.477 e. The number of thiophene rings is 4. The van der Waals surface area contributed by atoms with E-state index in [1.807, 2.05) is 18.2 Å². The predicted octanol–water partition coefficient (Wildman–Crippen LogP) is 14.1. The van der Waals surface area contributed by atoms with Gasteiger partial charge in [0.1, 0.15) is 11.6 Å². The lowest BCUT2D eigenvalue weighted by Gasteiger charge is -2.17. The summed E-state index contributed by atoms with van der Waals surface area (Å²) < 4.78 is 2.51. The molecule has 8 rings (SSSR count). The fourth-order valence-corrected chi connectivity index (χ4v) is 12.6. The normalized spacial score (nSPS) is 13.5. The highest BCUT2D eigenvalue weighted by Crippen LogP contribution is 2.51. The van der Waals surface area contributed by atoms with E-state index >= 15 is 0 Å². The molecule has 0 radical (unpaired) electrons. The van der Waals surface area contributed by atoms with E-state index in [0.29, 0.717) is 28.5 Å². The number of carboxylic acid groups (broad SMARTS) is 1. The minimum absolute atomic E-state index is 0.217. The minimum atomic E-state index is -1.26. The second-order valence-corrected chi connectivity index (χ2v) is 19.4. The van der Waals surface area contributed by atoms with Gasteiger partial charge in [0, 0.05) is 64.2 Å². The third-order valence-electron chi connectivity index (χ3n) is 11.3. The van der Waals surface area contributed by atoms with E-state index in [4.69, 9.17) is 0 Å². The highest BCUT2D eigenvalue weighted by molar-refractivity contribution is 7.29. The monoisotopic (exact) mass is 855 g/mol. The quantitative estimate of drug-likeness (QED) is 0.0425. The number of nitrogens with zero attached hydrogens (tertiary/aromatic N) is 3. The van der Waals surface area contributed by atoms with Crippen LogP contribution < -0.4 is 0 Å². The molecule has 59 heavy (non-hydrogen) atoms. The molecule has 1 aliphatic rings. The molecule has 300 valence electrons. The molecule has 0 aliphatic carbocycles. The third-order valence-corrected chi connectivity index (χ3v) is 16.3. The van der Waals surface area contributed by atoms with Crippen LogP contribution in [0.5, 0.6) is 0 Å². The molecule has 7 nitrogen and oxygen atoms in total. The maximum Gasteiger partial charge on any atom is 0.346 e. The molecule has 1 N–H and O–H groups in total. The van der Waals surface area contributed by atoms with Gasteiger partial charge in [-0.25, -0.2) is 4.79 Å². The van der Waals surface area contributed by atoms with E-state index in [1.165, 1.54) is 86.1 Å². The van der Waals surface area contributed by atoms with Crippen molar-refractivity contribution < 1.29 is 19.5 Å². The van der Waals surface area contributed by atoms with Crippen LogP contribution in [0.3, 0.4) is 0 Å². The number of hydrogen-bond donors (Lipinski definition) is 1. The summed E-state index contributed by atoms with van der Waals surface area (Å²) in [6, 6.07) is 29.2. The maximum atomic E-state index is 14.3. The van der Waals surface area contributed by atoms with E-state index in [2.05, 4.69) is 79.9 Å². The Labute approximate surface area is 360 Å². The van der Waals surface area contributed by atoms with Crippen molar-refractivity contribution in [3.05, 3.63) is 100 Å². The number of rotatable bonds is 17. The van der Waals surface area contributed by atoms with Crippen molar-refractivity contribution in [2.75, 3.05) is 6.54 Å². The van der Waals surface area contributed by atoms with Crippen LogP contribution in [0, 0.1) is 17.2 Å². The van der Waals surface area contributed by atoms with Crippen LogP contribution in [0.15, 0.2) is 84.4 Å². The highest BCUT2D eigenvalue weighted by atomic mass is 32.1. The summed E-state index contributed by atoms with van der Waals surface area (Å²) in [4.78, 5) is 48.5. The molecule has 2 aromatic carbocycles. The average molecular weight is 856 g/mol. The Morgan fingerprint density at radius 1 is 0.729 bits per heavy atom. The summed E-state index contributed by atoms with van der Waals surface area (Å²) in [6.45, 7) is 8.12. The molecule has 0 saturated heterocycles. The van der Waals surface area contributed by atoms with Gasteiger partial charge in [0.15, 0.2) is 0 Å². The van der Waals surface area contributed by atoms with Crippen molar-refractivity contribution in [1.82, 2.24) is 9.47 Å². The zero-order chi connectivity index (χ0) is 41.2. The summed E-state index contributed by atoms with van der Waals surface area (Å²) in [6.07, 6.45) is 10.1. The number of aliphatic carboxylic acids is 1. The number of benzene rings is 2. The van der Waals surface area contributed by atoms with Crippen LogP contribution >= 0.6 is 45.3 Å². The lowest BCUT2D eigenvalue weighted by Crippen LogP contribution is -2.31. The average Bonchev–Trinajstić information content (AvgIpc) is 4.11. The van der Waals surface area contributed by atoms with E-state index in [1.54, 1.807) is 23.5 Å². The predicted molar refractivity (Wildman–Crippen MR) is 247 cm³/mol. The molecule has 0 bridgehead atoms. The van der Waals surface area contributed by atoms with Gasteiger partial charge in [-0.3, -0.25) is 14.5 Å². The van der Waals surface area contributed by atoms with Crippen molar-refractivity contribution in [1.29, 1.82) is 5.26 Å². The molecule has 1 atom stereocenters. The van der Waals surface area contributed by atoms with Crippen LogP contribution in [0.4, 0.5) is 0 Å². The van der Waals surface area contributed by atoms with E-state index in [-0.39, 0.29) is 17.4 Å². The van der Waals surface area contributed by atoms with Crippen molar-refractivity contribution in [3.8, 4) is 45.8 Å². The van der Waals surface area contributed by atoms with Gasteiger partial charge in [-0.1, -0.05) is 83.6 Å². The number of nitriles is 1. The first-order valence-corrected chi connectivity index (χ1v) is 23.7. The van der Waals surface area contributed by atoms with Gasteiger partial charge >= 0.3 is 5.97 Å². The van der Waals surface area contributed by atoms with Gasteiger partial charge in [0.25, 0.3) is 11.8 Å². The standard InChI is InChI=1S/C48H45N3O4S4/c1-4-7-9-12-24-50-46(52)42-43(47(50)53)45(41-23-21-39(58-41)38-19-17-32(56-38)25-31(27-49)48(54)55)59-44(42)40-22-20-37(57-40)30-16-18-36-34(26-30)33-14-10-11-15-35(33)51(36)28-29(6-3)13-8-5-2/h10-11,14-23,25-26,29H,4-9,12-13,24,28H2,1-3H3,(H,54,55)/b31-25+. The first-order valence-electron chi connectivity index (χ1n) is 20.4. The van der Waals surface area contributed by atoms with E-state index in [0.717, 1.165) is 78.4 Å². The van der Waals surface area contributed by atoms with Gasteiger partial charge in [0.2, 0.25) is 0 Å². The molecule has 5 aromatic heterocycles. The SMILES string of the molecule is CCCCCCN1C(=O)c2c(-c3ccc(-c4ccc5c(c4)c4ccccc4n5CC(CC)CCCC)s3)sc(-c3ccc(-c4ccc(/C=C(\C#N)C(=O)O)s4)s3)c2C1=O. The van der Waals surface area contributed by atoms with Gasteiger partial charge in [-0.05, 0) is 85.0 Å². The van der Waals surface area contributed by atoms with E-state index < -0.39 is 5.97 Å². The van der Waals surface area contributed by atoms with Crippen molar-refractivity contribution in [2.45, 2.75) is 78.7 Å². The van der Waals surface area contributed by atoms with Gasteiger partial charge in [0.05, 0.1) is 20.9 Å². The zero-order valence-electron chi connectivity index (χ0n) is 33.4. The van der Waals surface area contributed by atoms with Gasteiger partial charge in [-0.15, -0.1) is 45.3 Å². The first-order chi connectivity index (χ1) is 28.7. The molecule has 0 saturated carbocycles. The van der Waals surface area contributed by atoms with E-state index in [9.17, 15) is 24.8 Å². The molecular formula is C48H45N3O4S4. The van der Waals surface area contributed by atoms with Crippen molar-refractivity contribution in [2.24, 2.45) is 5.92 Å². The summed E-state index contributed by atoms with van der Waals surface area (Å²) in [5, 5.41) is 21.1. The van der Waals surface area contributed by atoms with Crippen LogP contribution in [0.25, 0.3) is 67.6 Å². The number of carbonyl (C=O) groups is 3. The molecular weight excluding hydrogens is 811 g/mol. The number of para-hydroxylation sites is 1. The van der Waals surface area contributed by atoms with Crippen molar-refractivity contribution in [3.63, 3.8) is 0 Å². The maximum absolute atomic E-state index is 14.3. The van der Waals surface area contributed by atoms with Gasteiger partial charge < -0.3 is 9.67 Å². The molecule has 1 aliphatic heterocycles. The number of hydrogen-bond acceptors (Lipinski definition) is 8. The van der Waals surface area contributed by atoms with Crippen LogP contribution in [0.1, 0.15) is 97.7 Å². The Hall–Kier alpha value is -5.12. The van der Waals surface area contributed by atoms with Crippen LogP contribution in [-0.4, -0.2) is 38.9 Å². The van der Waals surface area contributed by atoms with Crippen LogP contribution in [-0.2, 0) is 11.3 Å². The smallest absolute Gasteiger partial charge is 0.346 e. The largest absolute Gasteiger partial charge is 0.477 e. The summed E-state index contributed by atoms with van der Waals surface area (Å²) >= 11 is 6.11. The number of imide groups is 1. The molecule has 7 aromatic rings. The highest BCUT2D eigenvalue weighted by Gasteiger charge is 2.42. The Kier molecular flexibility index (Phi) is 12.1. The Bertz CT molecular complexity index is 2790. The second kappa shape index (κ2) is 17.6. The number of carbonyl (C=O) groups excluding carboxylic acids is 2. The molecule has 0 fully saturated rings. The molecule has 6 heterocycles. The number of aromatic nitrogens is 1. The number of fused-ring (bicyclic) bond motifs is 4. The molecule has 1 unspecified atom stereocenters. The van der Waals surface area contributed by atoms with Gasteiger partial charge in [-0.2, -0.15) is 5.26 Å². The third kappa shape index (κ3) is 7.87. The fraction of sp³-hybridized carbons (Fsp3) is 0.292. The molecule has 2 amide bonds. The Balaban J connectivity index is 1.16. The lowest BCUT2D eigenvalue weighted by atomic mass is 9.99. The first kappa shape index (κ1) is 40.7. The number of amides is 2. The zero-order valence-corrected chi connectivity index (χ0v) is 36.6. The lowest BCUT2D eigenvalue weighted by molar-refractivity contribution is -0.132.